The van der Waals surface area contributed by atoms with E-state index >= 15 is 0 Å². The normalized spacial score (nSPS) is 13.5. The van der Waals surface area contributed by atoms with E-state index in [9.17, 15) is 4.39 Å². The molecule has 0 saturated carbocycles. The molecule has 0 radical (unpaired) electrons. The lowest BCUT2D eigenvalue weighted by Gasteiger charge is -2.07. The molecule has 21 heavy (non-hydrogen) atoms. The smallest absolute Gasteiger partial charge is 0.120 e. The minimum absolute atomic E-state index is 0. The summed E-state index contributed by atoms with van der Waals surface area (Å²) in [5.41, 5.74) is 9.48. The molecule has 3 rings (SSSR count). The monoisotopic (exact) mass is 333 g/mol. The van der Waals surface area contributed by atoms with Crippen molar-refractivity contribution in [3.05, 3.63) is 41.4 Å². The lowest BCUT2D eigenvalue weighted by atomic mass is 10.1. The average molecular weight is 334 g/mol. The summed E-state index contributed by atoms with van der Waals surface area (Å²) in [6.07, 6.45) is 0.510. The van der Waals surface area contributed by atoms with Crippen LogP contribution in [0.25, 0.3) is 10.9 Å². The molecule has 116 valence electrons. The van der Waals surface area contributed by atoms with Gasteiger partial charge in [0.15, 0.2) is 0 Å². The van der Waals surface area contributed by atoms with Crippen molar-refractivity contribution in [3.63, 3.8) is 0 Å². The van der Waals surface area contributed by atoms with Gasteiger partial charge in [-0.05, 0) is 23.8 Å². The van der Waals surface area contributed by atoms with Gasteiger partial charge in [-0.15, -0.1) is 24.8 Å². The highest BCUT2D eigenvalue weighted by molar-refractivity contribution is 5.86. The first-order chi connectivity index (χ1) is 9.31. The molecule has 1 aromatic carbocycles. The summed E-state index contributed by atoms with van der Waals surface area (Å²) >= 11 is 0. The van der Waals surface area contributed by atoms with Gasteiger partial charge < -0.3 is 20.8 Å². The molecule has 2 heterocycles. The highest BCUT2D eigenvalue weighted by Crippen LogP contribution is 2.29. The molecule has 0 fully saturated rings. The van der Waals surface area contributed by atoms with Gasteiger partial charge in [0.25, 0.3) is 0 Å². The topological polar surface area (TPSA) is 63.1 Å². The lowest BCUT2D eigenvalue weighted by molar-refractivity contribution is 0.348. The summed E-state index contributed by atoms with van der Waals surface area (Å²) in [7, 11) is 0. The SMILES string of the molecule is Cl.Cl.NC/C(=C\F)COc1ccc2[nH]c3c(c2c1)CNC3. The molecule has 0 unspecified atom stereocenters. The second-order valence-corrected chi connectivity index (χ2v) is 4.65. The van der Waals surface area contributed by atoms with Crippen LogP contribution in [0, 0.1) is 0 Å². The third-order valence-electron chi connectivity index (χ3n) is 3.41. The Labute approximate surface area is 134 Å². The Hall–Kier alpha value is -1.27. The van der Waals surface area contributed by atoms with Gasteiger partial charge in [0.05, 0.1) is 6.33 Å². The molecule has 0 aliphatic carbocycles. The number of ether oxygens (including phenoxy) is 1. The van der Waals surface area contributed by atoms with Crippen molar-refractivity contribution in [1.29, 1.82) is 0 Å². The van der Waals surface area contributed by atoms with Crippen molar-refractivity contribution in [1.82, 2.24) is 10.3 Å². The van der Waals surface area contributed by atoms with Crippen molar-refractivity contribution in [3.8, 4) is 5.75 Å². The van der Waals surface area contributed by atoms with Crippen LogP contribution >= 0.6 is 24.8 Å². The van der Waals surface area contributed by atoms with Gasteiger partial charge in [0, 0.05) is 41.8 Å². The second-order valence-electron chi connectivity index (χ2n) is 4.65. The van der Waals surface area contributed by atoms with E-state index in [1.165, 1.54) is 11.3 Å². The van der Waals surface area contributed by atoms with Crippen molar-refractivity contribution in [2.24, 2.45) is 5.73 Å². The van der Waals surface area contributed by atoms with Gasteiger partial charge in [-0.25, -0.2) is 4.39 Å². The van der Waals surface area contributed by atoms with Crippen LogP contribution in [-0.2, 0) is 13.1 Å². The first kappa shape index (κ1) is 17.8. The number of fused-ring (bicyclic) bond motifs is 3. The third-order valence-corrected chi connectivity index (χ3v) is 3.41. The van der Waals surface area contributed by atoms with Crippen LogP contribution in [0.1, 0.15) is 11.3 Å². The number of hydrogen-bond donors (Lipinski definition) is 3. The van der Waals surface area contributed by atoms with Crippen LogP contribution in [0.15, 0.2) is 30.1 Å². The molecule has 0 bridgehead atoms. The molecule has 0 atom stereocenters. The number of halogens is 3. The predicted octanol–water partition coefficient (Wildman–Crippen LogP) is 2.81. The van der Waals surface area contributed by atoms with Gasteiger partial charge >= 0.3 is 0 Å². The molecule has 2 aromatic rings. The summed E-state index contributed by atoms with van der Waals surface area (Å²) < 4.78 is 18.0. The maximum atomic E-state index is 12.4. The standard InChI is InChI=1S/C14H16FN3O.2ClH/c15-4-9(5-16)8-19-10-1-2-13-11(3-10)12-6-17-7-14(12)18-13;;/h1-4,17-18H,5-8,16H2;2*1H/b9-4+;;. The Balaban J connectivity index is 0.00000110. The highest BCUT2D eigenvalue weighted by atomic mass is 35.5. The predicted molar refractivity (Wildman–Crippen MR) is 87.1 cm³/mol. The quantitative estimate of drug-likeness (QED) is 0.806. The fourth-order valence-electron chi connectivity index (χ4n) is 2.35. The molecule has 1 aliphatic heterocycles. The van der Waals surface area contributed by atoms with Crippen molar-refractivity contribution >= 4 is 35.7 Å². The van der Waals surface area contributed by atoms with Gasteiger partial charge in [0.1, 0.15) is 12.4 Å². The third kappa shape index (κ3) is 3.49. The number of nitrogens with one attached hydrogen (secondary N) is 2. The van der Waals surface area contributed by atoms with E-state index in [-0.39, 0.29) is 38.0 Å². The number of nitrogens with two attached hydrogens (primary N) is 1. The molecule has 1 aromatic heterocycles. The highest BCUT2D eigenvalue weighted by Gasteiger charge is 2.16. The Morgan fingerprint density at radius 3 is 2.86 bits per heavy atom. The summed E-state index contributed by atoms with van der Waals surface area (Å²) in [6.45, 7) is 2.10. The van der Waals surface area contributed by atoms with Crippen molar-refractivity contribution in [2.75, 3.05) is 13.2 Å². The number of hydrogen-bond acceptors (Lipinski definition) is 3. The fraction of sp³-hybridized carbons (Fsp3) is 0.286. The molecule has 0 spiro atoms. The van der Waals surface area contributed by atoms with Crippen LogP contribution in [0.3, 0.4) is 0 Å². The van der Waals surface area contributed by atoms with Crippen LogP contribution < -0.4 is 15.8 Å². The zero-order chi connectivity index (χ0) is 13.2. The zero-order valence-corrected chi connectivity index (χ0v) is 13.0. The summed E-state index contributed by atoms with van der Waals surface area (Å²) in [4.78, 5) is 3.38. The van der Waals surface area contributed by atoms with Gasteiger partial charge in [-0.2, -0.15) is 0 Å². The second kappa shape index (κ2) is 7.66. The number of H-pyrrole nitrogens is 1. The van der Waals surface area contributed by atoms with E-state index in [2.05, 4.69) is 10.3 Å². The first-order valence-corrected chi connectivity index (χ1v) is 6.27. The maximum absolute atomic E-state index is 12.4. The summed E-state index contributed by atoms with van der Waals surface area (Å²) in [5, 5.41) is 4.46. The summed E-state index contributed by atoms with van der Waals surface area (Å²) in [6, 6.07) is 5.86. The van der Waals surface area contributed by atoms with Gasteiger partial charge in [0.2, 0.25) is 0 Å². The Morgan fingerprint density at radius 2 is 2.14 bits per heavy atom. The van der Waals surface area contributed by atoms with E-state index in [1.54, 1.807) is 0 Å². The molecule has 4 nitrogen and oxygen atoms in total. The van der Waals surface area contributed by atoms with E-state index in [4.69, 9.17) is 10.5 Å². The van der Waals surface area contributed by atoms with Crippen molar-refractivity contribution in [2.45, 2.75) is 13.1 Å². The molecular weight excluding hydrogens is 316 g/mol. The molecule has 0 saturated heterocycles. The number of benzene rings is 1. The average Bonchev–Trinajstić information content (AvgIpc) is 3.00. The number of aromatic nitrogens is 1. The van der Waals surface area contributed by atoms with Crippen LogP contribution in [0.5, 0.6) is 5.75 Å². The van der Waals surface area contributed by atoms with Gasteiger partial charge in [-0.1, -0.05) is 0 Å². The molecular formula is C14H18Cl2FN3O. The summed E-state index contributed by atoms with van der Waals surface area (Å²) in [5.74, 6) is 0.731. The minimum Gasteiger partial charge on any atom is -0.489 e. The number of rotatable bonds is 4. The largest absolute Gasteiger partial charge is 0.489 e. The first-order valence-electron chi connectivity index (χ1n) is 6.27. The van der Waals surface area contributed by atoms with E-state index in [0.717, 1.165) is 29.7 Å². The van der Waals surface area contributed by atoms with Crippen LogP contribution in [0.4, 0.5) is 4.39 Å². The van der Waals surface area contributed by atoms with Gasteiger partial charge in [-0.3, -0.25) is 0 Å². The van der Waals surface area contributed by atoms with E-state index in [1.807, 2.05) is 18.2 Å². The number of aromatic amines is 1. The minimum atomic E-state index is 0. The van der Waals surface area contributed by atoms with E-state index in [0.29, 0.717) is 11.9 Å². The van der Waals surface area contributed by atoms with E-state index < -0.39 is 0 Å². The molecule has 0 amide bonds. The molecule has 1 aliphatic rings. The fourth-order valence-corrected chi connectivity index (χ4v) is 2.35. The van der Waals surface area contributed by atoms with Crippen LogP contribution in [0.2, 0.25) is 0 Å². The zero-order valence-electron chi connectivity index (χ0n) is 11.3. The maximum Gasteiger partial charge on any atom is 0.120 e. The Morgan fingerprint density at radius 1 is 1.33 bits per heavy atom. The Kier molecular flexibility index (Phi) is 6.48. The lowest BCUT2D eigenvalue weighted by Crippen LogP contribution is -2.10. The molecule has 7 heteroatoms. The van der Waals surface area contributed by atoms with Crippen molar-refractivity contribution < 1.29 is 9.13 Å². The molecule has 4 N–H and O–H groups in total. The van der Waals surface area contributed by atoms with Crippen LogP contribution in [-0.4, -0.2) is 18.1 Å². The Bertz CT molecular complexity index is 642.